The molecule has 0 fully saturated rings. The van der Waals surface area contributed by atoms with Crippen LogP contribution >= 0.6 is 0 Å². The summed E-state index contributed by atoms with van der Waals surface area (Å²) in [4.78, 5) is 4.89. The zero-order valence-corrected chi connectivity index (χ0v) is 8.18. The Kier molecular flexibility index (Phi) is 1.74. The van der Waals surface area contributed by atoms with Crippen molar-refractivity contribution in [3.63, 3.8) is 0 Å². The number of benzene rings is 1. The Labute approximate surface area is 87.7 Å². The molecule has 1 unspecified atom stereocenters. The minimum absolute atomic E-state index is 0.674. The molecule has 0 aromatic heterocycles. The number of nitrogens with one attached hydrogen (secondary N) is 1. The Hall–Kier alpha value is -1.52. The van der Waals surface area contributed by atoms with Crippen molar-refractivity contribution in [3.05, 3.63) is 47.9 Å². The average molecular weight is 204 g/mol. The topological polar surface area (TPSA) is 44.7 Å². The lowest BCUT2D eigenvalue weighted by atomic mass is 10.0. The van der Waals surface area contributed by atoms with Gasteiger partial charge in [0.1, 0.15) is 6.26 Å². The summed E-state index contributed by atoms with van der Waals surface area (Å²) in [5.74, 6) is 0. The third-order valence-electron chi connectivity index (χ3n) is 3.02. The molecule has 1 heterocycles. The number of fused-ring (bicyclic) bond motifs is 1. The van der Waals surface area contributed by atoms with Crippen LogP contribution in [0.3, 0.4) is 0 Å². The van der Waals surface area contributed by atoms with E-state index in [1.165, 1.54) is 11.8 Å². The first-order valence-electron chi connectivity index (χ1n) is 4.99. The van der Waals surface area contributed by atoms with Gasteiger partial charge in [0.05, 0.1) is 6.20 Å². The van der Waals surface area contributed by atoms with E-state index >= 15 is 0 Å². The van der Waals surface area contributed by atoms with Crippen LogP contribution < -0.4 is 5.59 Å². The molecule has 2 N–H and O–H groups in total. The predicted octanol–water partition coefficient (Wildman–Crippen LogP) is 1.00. The second-order valence-electron chi connectivity index (χ2n) is 3.84. The van der Waals surface area contributed by atoms with Gasteiger partial charge in [0.15, 0.2) is 5.72 Å². The molecule has 1 aromatic rings. The zero-order chi connectivity index (χ0) is 10.3. The van der Waals surface area contributed by atoms with E-state index in [0.29, 0.717) is 6.42 Å². The predicted molar refractivity (Wildman–Crippen MR) is 53.9 cm³/mol. The number of hydrogen-bond donors (Lipinski definition) is 2. The van der Waals surface area contributed by atoms with Crippen LogP contribution in [0.5, 0.6) is 0 Å². The molecule has 1 atom stereocenters. The maximum absolute atomic E-state index is 10.6. The van der Waals surface area contributed by atoms with Crippen LogP contribution in [0.15, 0.2) is 36.7 Å². The fourth-order valence-corrected chi connectivity index (χ4v) is 2.23. The Morgan fingerprint density at radius 3 is 3.07 bits per heavy atom. The first kappa shape index (κ1) is 8.76. The van der Waals surface area contributed by atoms with Gasteiger partial charge in [0.2, 0.25) is 0 Å². The van der Waals surface area contributed by atoms with Gasteiger partial charge in [-0.05, 0) is 12.0 Å². The van der Waals surface area contributed by atoms with Crippen molar-refractivity contribution in [1.29, 1.82) is 0 Å². The van der Waals surface area contributed by atoms with Crippen LogP contribution in [0.2, 0.25) is 0 Å². The minimum Gasteiger partial charge on any atom is -0.395 e. The largest absolute Gasteiger partial charge is 0.395 e. The molecular formula is C11H12N2O2. The van der Waals surface area contributed by atoms with Crippen molar-refractivity contribution >= 4 is 0 Å². The van der Waals surface area contributed by atoms with Gasteiger partial charge in [-0.2, -0.15) is 0 Å². The van der Waals surface area contributed by atoms with Crippen LogP contribution in [0.1, 0.15) is 17.5 Å². The number of hydrogen-bond acceptors (Lipinski definition) is 4. The molecule has 1 aromatic carbocycles. The lowest BCUT2D eigenvalue weighted by molar-refractivity contribution is -0.155. The highest BCUT2D eigenvalue weighted by Crippen LogP contribution is 2.39. The highest BCUT2D eigenvalue weighted by atomic mass is 16.7. The fraction of sp³-hybridized carbons (Fsp3) is 0.273. The monoisotopic (exact) mass is 204 g/mol. The van der Waals surface area contributed by atoms with Crippen molar-refractivity contribution in [3.8, 4) is 0 Å². The lowest BCUT2D eigenvalue weighted by Crippen LogP contribution is -2.46. The Balaban J connectivity index is 2.04. The molecule has 0 spiro atoms. The Morgan fingerprint density at radius 2 is 2.27 bits per heavy atom. The van der Waals surface area contributed by atoms with Crippen LogP contribution in [-0.2, 0) is 17.0 Å². The highest BCUT2D eigenvalue weighted by molar-refractivity contribution is 5.36. The van der Waals surface area contributed by atoms with E-state index in [1.54, 1.807) is 11.2 Å². The van der Waals surface area contributed by atoms with Gasteiger partial charge in [-0.25, -0.2) is 5.01 Å². The van der Waals surface area contributed by atoms with E-state index in [2.05, 4.69) is 5.59 Å². The van der Waals surface area contributed by atoms with Crippen molar-refractivity contribution < 1.29 is 9.94 Å². The van der Waals surface area contributed by atoms with Crippen LogP contribution in [0.4, 0.5) is 0 Å². The number of nitrogens with zero attached hydrogens (tertiary/aromatic N) is 1. The molecule has 0 radical (unpaired) electrons. The number of hydrazine groups is 1. The third kappa shape index (κ3) is 1.15. The quantitative estimate of drug-likeness (QED) is 0.716. The summed E-state index contributed by atoms with van der Waals surface area (Å²) in [5, 5.41) is 12.2. The van der Waals surface area contributed by atoms with Crippen molar-refractivity contribution in [1.82, 2.24) is 10.6 Å². The summed E-state index contributed by atoms with van der Waals surface area (Å²) in [6.07, 6.45) is 4.77. The van der Waals surface area contributed by atoms with E-state index in [-0.39, 0.29) is 0 Å². The standard InChI is InChI=1S/C11H12N2O2/c14-11(13-7-8-15-12-13)6-5-9-3-1-2-4-10(9)11/h1-4,7-8,12,14H,5-6H2. The summed E-state index contributed by atoms with van der Waals surface area (Å²) in [6.45, 7) is 0. The third-order valence-corrected chi connectivity index (χ3v) is 3.02. The number of aliphatic hydroxyl groups is 1. The van der Waals surface area contributed by atoms with E-state index in [1.807, 2.05) is 24.3 Å². The Bertz CT molecular complexity index is 419. The summed E-state index contributed by atoms with van der Waals surface area (Å²) in [6, 6.07) is 7.94. The molecule has 2 aliphatic rings. The molecule has 15 heavy (non-hydrogen) atoms. The second-order valence-corrected chi connectivity index (χ2v) is 3.84. The van der Waals surface area contributed by atoms with Gasteiger partial charge < -0.3 is 9.94 Å². The number of aryl methyl sites for hydroxylation is 1. The average Bonchev–Trinajstić information content (AvgIpc) is 2.88. The maximum atomic E-state index is 10.6. The molecule has 3 rings (SSSR count). The molecule has 1 aliphatic carbocycles. The van der Waals surface area contributed by atoms with E-state index in [9.17, 15) is 5.11 Å². The van der Waals surface area contributed by atoms with Gasteiger partial charge in [0, 0.05) is 12.0 Å². The molecule has 4 heteroatoms. The Morgan fingerprint density at radius 1 is 1.40 bits per heavy atom. The lowest BCUT2D eigenvalue weighted by Gasteiger charge is -2.32. The van der Waals surface area contributed by atoms with Gasteiger partial charge >= 0.3 is 0 Å². The van der Waals surface area contributed by atoms with Gasteiger partial charge in [0.25, 0.3) is 0 Å². The second kappa shape index (κ2) is 2.98. The van der Waals surface area contributed by atoms with Gasteiger partial charge in [-0.1, -0.05) is 29.9 Å². The molecule has 1 aliphatic heterocycles. The first-order valence-corrected chi connectivity index (χ1v) is 4.99. The molecule has 0 amide bonds. The van der Waals surface area contributed by atoms with Gasteiger partial charge in [-0.3, -0.25) is 0 Å². The van der Waals surface area contributed by atoms with Crippen LogP contribution in [0.25, 0.3) is 0 Å². The summed E-state index contributed by atoms with van der Waals surface area (Å²) in [7, 11) is 0. The van der Waals surface area contributed by atoms with Crippen molar-refractivity contribution in [2.24, 2.45) is 0 Å². The molecule has 0 bridgehead atoms. The van der Waals surface area contributed by atoms with Crippen molar-refractivity contribution in [2.75, 3.05) is 0 Å². The molecule has 78 valence electrons. The minimum atomic E-state index is -0.983. The SMILES string of the molecule is OC1(N2C=CON2)CCc2ccccc21. The number of rotatable bonds is 1. The normalized spacial score (nSPS) is 27.9. The molecular weight excluding hydrogens is 192 g/mol. The smallest absolute Gasteiger partial charge is 0.181 e. The van der Waals surface area contributed by atoms with E-state index in [0.717, 1.165) is 12.0 Å². The van der Waals surface area contributed by atoms with Gasteiger partial charge in [-0.15, -0.1) is 0 Å². The maximum Gasteiger partial charge on any atom is 0.181 e. The van der Waals surface area contributed by atoms with Crippen molar-refractivity contribution in [2.45, 2.75) is 18.6 Å². The summed E-state index contributed by atoms with van der Waals surface area (Å²) < 4.78 is 0. The van der Waals surface area contributed by atoms with E-state index < -0.39 is 5.72 Å². The van der Waals surface area contributed by atoms with Crippen LogP contribution in [-0.4, -0.2) is 10.1 Å². The molecule has 0 saturated carbocycles. The highest BCUT2D eigenvalue weighted by Gasteiger charge is 2.42. The first-order chi connectivity index (χ1) is 7.31. The summed E-state index contributed by atoms with van der Waals surface area (Å²) in [5.41, 5.74) is 3.82. The van der Waals surface area contributed by atoms with E-state index in [4.69, 9.17) is 4.84 Å². The molecule has 0 saturated heterocycles. The van der Waals surface area contributed by atoms with Crippen LogP contribution in [0, 0.1) is 0 Å². The zero-order valence-electron chi connectivity index (χ0n) is 8.18. The molecule has 4 nitrogen and oxygen atoms in total. The summed E-state index contributed by atoms with van der Waals surface area (Å²) >= 11 is 0. The fourth-order valence-electron chi connectivity index (χ4n) is 2.23.